The maximum absolute atomic E-state index is 14.5. The normalized spacial score (nSPS) is 28.4. The van der Waals surface area contributed by atoms with Gasteiger partial charge in [0, 0.05) is 13.0 Å². The molecule has 2 aromatic carbocycles. The van der Waals surface area contributed by atoms with Crippen LogP contribution in [-0.4, -0.2) is 68.7 Å². The second-order valence-electron chi connectivity index (χ2n) is 12.9. The molecule has 17 heteroatoms. The van der Waals surface area contributed by atoms with Gasteiger partial charge in [0.15, 0.2) is 15.6 Å². The molecule has 1 N–H and O–H groups in total. The molecule has 3 heterocycles. The number of carbonyl (C=O) groups is 4. The lowest BCUT2D eigenvalue weighted by Crippen LogP contribution is -2.60. The van der Waals surface area contributed by atoms with Crippen LogP contribution in [0.3, 0.4) is 0 Å². The summed E-state index contributed by atoms with van der Waals surface area (Å²) in [5.41, 5.74) is -0.407. The lowest BCUT2D eigenvalue weighted by molar-refractivity contribution is -0.141. The van der Waals surface area contributed by atoms with E-state index in [1.165, 1.54) is 19.2 Å². The molecule has 4 amide bonds. The smallest absolute Gasteiger partial charge is 0.433 e. The summed E-state index contributed by atoms with van der Waals surface area (Å²) in [5, 5.41) is 10.5. The molecule has 1 aromatic heterocycles. The molecular formula is C35H27Cl3F4N4O6. The standard InChI is InChI=1S/C35H27Cl3F4N4O6/c1-44(28-24(36)12-13-25(43-28)35(40,41)42)46-29(48)22-11-10-21-23(26(22)30(46)49)16-33(37)31(50)45(19-6-4-18(39)5-7-19)32(51)34(33,38)27(21)17-2-8-20(9-3-17)52-15-14-47/h2-10,12-13,22-23,26-27,47H,11,14-16H2,1H3/t22-,23+,26-,27-,33+,34-/m0/s1. The van der Waals surface area contributed by atoms with Crippen molar-refractivity contribution in [1.29, 1.82) is 0 Å². The van der Waals surface area contributed by atoms with Gasteiger partial charge in [-0.05, 0) is 72.9 Å². The molecule has 0 radical (unpaired) electrons. The van der Waals surface area contributed by atoms with E-state index in [0.717, 1.165) is 28.1 Å². The lowest BCUT2D eigenvalue weighted by Gasteiger charge is -2.50. The molecule has 0 spiro atoms. The number of hydrazine groups is 1. The van der Waals surface area contributed by atoms with E-state index < -0.39 is 80.6 Å². The number of imide groups is 2. The Morgan fingerprint density at radius 3 is 2.27 bits per heavy atom. The predicted molar refractivity (Wildman–Crippen MR) is 180 cm³/mol. The summed E-state index contributed by atoms with van der Waals surface area (Å²) in [6.45, 7) is -0.239. The third kappa shape index (κ3) is 5.28. The van der Waals surface area contributed by atoms with E-state index in [-0.39, 0.29) is 36.8 Å². The van der Waals surface area contributed by atoms with Gasteiger partial charge < -0.3 is 9.84 Å². The van der Waals surface area contributed by atoms with Crippen molar-refractivity contribution in [3.05, 3.63) is 94.4 Å². The fourth-order valence-electron chi connectivity index (χ4n) is 7.88. The van der Waals surface area contributed by atoms with Crippen LogP contribution in [0.15, 0.2) is 72.3 Å². The average Bonchev–Trinajstić information content (AvgIpc) is 3.45. The Bertz CT molecular complexity index is 2030. The highest BCUT2D eigenvalue weighted by Crippen LogP contribution is 2.66. The number of anilines is 2. The monoisotopic (exact) mass is 780 g/mol. The van der Waals surface area contributed by atoms with Crippen LogP contribution in [0, 0.1) is 23.6 Å². The number of alkyl halides is 5. The van der Waals surface area contributed by atoms with Gasteiger partial charge >= 0.3 is 6.18 Å². The number of amides is 4. The molecule has 6 atom stereocenters. The van der Waals surface area contributed by atoms with Crippen molar-refractivity contribution in [2.24, 2.45) is 17.8 Å². The summed E-state index contributed by atoms with van der Waals surface area (Å²) in [6, 6.07) is 12.6. The van der Waals surface area contributed by atoms with Crippen molar-refractivity contribution in [2.75, 3.05) is 30.2 Å². The van der Waals surface area contributed by atoms with Crippen molar-refractivity contribution >= 4 is 69.9 Å². The molecule has 2 aliphatic carbocycles. The molecule has 0 bridgehead atoms. The topological polar surface area (TPSA) is 120 Å². The summed E-state index contributed by atoms with van der Waals surface area (Å²) in [4.78, 5) is 57.2. The third-order valence-corrected chi connectivity index (χ3v) is 11.9. The zero-order valence-corrected chi connectivity index (χ0v) is 29.2. The van der Waals surface area contributed by atoms with E-state index >= 15 is 0 Å². The number of halogens is 7. The van der Waals surface area contributed by atoms with Crippen molar-refractivity contribution in [1.82, 2.24) is 9.99 Å². The maximum Gasteiger partial charge on any atom is 0.433 e. The summed E-state index contributed by atoms with van der Waals surface area (Å²) in [7, 11) is 1.19. The van der Waals surface area contributed by atoms with Crippen molar-refractivity contribution in [3.63, 3.8) is 0 Å². The van der Waals surface area contributed by atoms with E-state index in [0.29, 0.717) is 28.0 Å². The van der Waals surface area contributed by atoms with Gasteiger partial charge in [-0.25, -0.2) is 14.3 Å². The van der Waals surface area contributed by atoms with Crippen LogP contribution < -0.4 is 14.6 Å². The number of hydrogen-bond donors (Lipinski definition) is 1. The fraction of sp³-hybridized carbons (Fsp3) is 0.343. The van der Waals surface area contributed by atoms with Crippen LogP contribution in [0.1, 0.15) is 30.0 Å². The quantitative estimate of drug-likeness (QED) is 0.137. The molecule has 3 fully saturated rings. The molecule has 7 rings (SSSR count). The van der Waals surface area contributed by atoms with Gasteiger partial charge in [-0.2, -0.15) is 18.2 Å². The van der Waals surface area contributed by atoms with Crippen molar-refractivity contribution < 1.29 is 46.6 Å². The first-order valence-electron chi connectivity index (χ1n) is 16.0. The molecule has 3 aromatic rings. The van der Waals surface area contributed by atoms with Crippen molar-refractivity contribution in [3.8, 4) is 5.75 Å². The Kier molecular flexibility index (Phi) is 8.83. The molecule has 1 saturated carbocycles. The Morgan fingerprint density at radius 2 is 1.63 bits per heavy atom. The van der Waals surface area contributed by atoms with E-state index in [1.54, 1.807) is 30.3 Å². The van der Waals surface area contributed by atoms with Crippen LogP contribution in [0.2, 0.25) is 5.02 Å². The Morgan fingerprint density at radius 1 is 0.962 bits per heavy atom. The van der Waals surface area contributed by atoms with Gasteiger partial charge in [0.05, 0.1) is 29.2 Å². The van der Waals surface area contributed by atoms with Gasteiger partial charge in [-0.3, -0.25) is 24.2 Å². The van der Waals surface area contributed by atoms with Crippen LogP contribution in [0.5, 0.6) is 5.75 Å². The molecule has 0 unspecified atom stereocenters. The molecule has 10 nitrogen and oxygen atoms in total. The number of aliphatic hydroxyl groups excluding tert-OH is 1. The van der Waals surface area contributed by atoms with Crippen LogP contribution in [0.4, 0.5) is 29.1 Å². The summed E-state index contributed by atoms with van der Waals surface area (Å²) in [6.07, 6.45) is -3.55. The first kappa shape index (κ1) is 36.1. The highest BCUT2D eigenvalue weighted by molar-refractivity contribution is 6.58. The number of benzene rings is 2. The minimum absolute atomic E-state index is 0.00520. The van der Waals surface area contributed by atoms with Gasteiger partial charge in [0.25, 0.3) is 23.6 Å². The zero-order chi connectivity index (χ0) is 37.5. The lowest BCUT2D eigenvalue weighted by atomic mass is 9.56. The largest absolute Gasteiger partial charge is 0.491 e. The van der Waals surface area contributed by atoms with Gasteiger partial charge in [-0.15, -0.1) is 23.2 Å². The Hall–Kier alpha value is -4.24. The average molecular weight is 782 g/mol. The number of pyridine rings is 1. The number of aliphatic hydroxyl groups is 1. The number of fused-ring (bicyclic) bond motifs is 4. The molecule has 4 aliphatic rings. The number of nitrogens with zero attached hydrogens (tertiary/aromatic N) is 4. The summed E-state index contributed by atoms with van der Waals surface area (Å²) < 4.78 is 60.1. The van der Waals surface area contributed by atoms with E-state index in [9.17, 15) is 41.8 Å². The van der Waals surface area contributed by atoms with Crippen molar-refractivity contribution in [2.45, 2.75) is 34.7 Å². The number of allylic oxidation sites excluding steroid dienone is 2. The molecule has 2 aliphatic heterocycles. The minimum atomic E-state index is -4.85. The van der Waals surface area contributed by atoms with Crippen LogP contribution >= 0.6 is 34.8 Å². The highest BCUT2D eigenvalue weighted by atomic mass is 35.5. The van der Waals surface area contributed by atoms with Gasteiger partial charge in [-0.1, -0.05) is 35.4 Å². The fourth-order valence-corrected chi connectivity index (χ4v) is 9.05. The Balaban J connectivity index is 1.33. The minimum Gasteiger partial charge on any atom is -0.491 e. The maximum atomic E-state index is 14.5. The number of ether oxygens (including phenoxy) is 1. The number of carbonyl (C=O) groups excluding carboxylic acids is 4. The molecule has 272 valence electrons. The van der Waals surface area contributed by atoms with E-state index in [2.05, 4.69) is 4.98 Å². The van der Waals surface area contributed by atoms with E-state index in [1.807, 2.05) is 0 Å². The van der Waals surface area contributed by atoms with Crippen LogP contribution in [0.25, 0.3) is 0 Å². The van der Waals surface area contributed by atoms with Gasteiger partial charge in [0.2, 0.25) is 0 Å². The second-order valence-corrected chi connectivity index (χ2v) is 14.6. The SMILES string of the molecule is CN(c1nc(C(F)(F)F)ccc1Cl)N1C(=O)[C@H]2[C@H](CC=C3[C@H]2C[C@@]2(Cl)C(=O)N(c4ccc(F)cc4)C(=O)[C@@]2(Cl)[C@H]3c2ccc(OCCO)cc2)C1=O. The van der Waals surface area contributed by atoms with Crippen LogP contribution in [-0.2, 0) is 25.4 Å². The highest BCUT2D eigenvalue weighted by Gasteiger charge is 2.76. The van der Waals surface area contributed by atoms with E-state index in [4.69, 9.17) is 39.5 Å². The third-order valence-electron chi connectivity index (χ3n) is 10.2. The summed E-state index contributed by atoms with van der Waals surface area (Å²) >= 11 is 20.9. The predicted octanol–water partition coefficient (Wildman–Crippen LogP) is 5.88. The number of hydrogen-bond acceptors (Lipinski definition) is 8. The summed E-state index contributed by atoms with van der Waals surface area (Å²) in [5.74, 6) is -8.36. The molecular weight excluding hydrogens is 755 g/mol. The Labute approximate surface area is 308 Å². The van der Waals surface area contributed by atoms with Gasteiger partial charge in [0.1, 0.15) is 23.9 Å². The first-order chi connectivity index (χ1) is 24.5. The number of rotatable bonds is 7. The first-order valence-corrected chi connectivity index (χ1v) is 17.1. The molecule has 52 heavy (non-hydrogen) atoms. The zero-order valence-electron chi connectivity index (χ0n) is 26.9. The molecule has 2 saturated heterocycles. The second kappa shape index (κ2) is 12.7. The number of aromatic nitrogens is 1.